The van der Waals surface area contributed by atoms with E-state index in [1.165, 1.54) is 0 Å². The lowest BCUT2D eigenvalue weighted by molar-refractivity contribution is 0.0750. The van der Waals surface area contributed by atoms with Crippen LogP contribution in [0.4, 0.5) is 0 Å². The fourth-order valence-corrected chi connectivity index (χ4v) is 3.03. The average molecular weight is 293 g/mol. The Morgan fingerprint density at radius 2 is 2.19 bits per heavy atom. The smallest absolute Gasteiger partial charge is 0.274 e. The molecule has 2 N–H and O–H groups in total. The number of carbonyl (C=O) groups excluding carboxylic acids is 1. The molecule has 1 aromatic heterocycles. The minimum Gasteiger partial charge on any atom is -0.336 e. The van der Waals surface area contributed by atoms with Gasteiger partial charge in [0.15, 0.2) is 0 Å². The van der Waals surface area contributed by atoms with Gasteiger partial charge in [-0.2, -0.15) is 5.10 Å². The zero-order chi connectivity index (χ0) is 15.2. The van der Waals surface area contributed by atoms with Crippen molar-refractivity contribution in [2.75, 3.05) is 32.7 Å². The summed E-state index contributed by atoms with van der Waals surface area (Å²) in [5.74, 6) is 0.0457. The van der Waals surface area contributed by atoms with Crippen LogP contribution >= 0.6 is 0 Å². The first kappa shape index (κ1) is 16.0. The predicted molar refractivity (Wildman–Crippen MR) is 83.1 cm³/mol. The number of rotatable bonds is 5. The van der Waals surface area contributed by atoms with Crippen molar-refractivity contribution in [2.45, 2.75) is 32.2 Å². The molecule has 1 amide bonds. The highest BCUT2D eigenvalue weighted by molar-refractivity contribution is 5.92. The van der Waals surface area contributed by atoms with Gasteiger partial charge in [-0.3, -0.25) is 14.4 Å². The molecule has 1 aliphatic rings. The maximum atomic E-state index is 12.4. The molecule has 1 unspecified atom stereocenters. The number of nitrogens with two attached hydrogens (primary N) is 1. The van der Waals surface area contributed by atoms with Crippen LogP contribution in [0.25, 0.3) is 0 Å². The van der Waals surface area contributed by atoms with Gasteiger partial charge in [0.05, 0.1) is 0 Å². The lowest BCUT2D eigenvalue weighted by Crippen LogP contribution is -2.40. The van der Waals surface area contributed by atoms with Crippen LogP contribution in [-0.2, 0) is 7.05 Å². The molecular weight excluding hydrogens is 266 g/mol. The van der Waals surface area contributed by atoms with Crippen LogP contribution in [0.3, 0.4) is 0 Å². The van der Waals surface area contributed by atoms with Gasteiger partial charge in [-0.25, -0.2) is 0 Å². The summed E-state index contributed by atoms with van der Waals surface area (Å²) in [6, 6.07) is 2.33. The van der Waals surface area contributed by atoms with Crippen LogP contribution in [0, 0.1) is 0 Å². The summed E-state index contributed by atoms with van der Waals surface area (Å²) in [6.07, 6.45) is 4.97. The topological polar surface area (TPSA) is 67.4 Å². The summed E-state index contributed by atoms with van der Waals surface area (Å²) >= 11 is 0. The first-order chi connectivity index (χ1) is 10.2. The maximum absolute atomic E-state index is 12.4. The minimum atomic E-state index is 0.0457. The number of nitrogens with zero attached hydrogens (tertiary/aromatic N) is 4. The van der Waals surface area contributed by atoms with E-state index in [1.807, 2.05) is 18.1 Å². The summed E-state index contributed by atoms with van der Waals surface area (Å²) in [5, 5.41) is 4.21. The number of aromatic nitrogens is 2. The van der Waals surface area contributed by atoms with Crippen molar-refractivity contribution in [3.05, 3.63) is 18.0 Å². The first-order valence-corrected chi connectivity index (χ1v) is 7.88. The highest BCUT2D eigenvalue weighted by Crippen LogP contribution is 2.13. The van der Waals surface area contributed by atoms with Crippen molar-refractivity contribution in [1.29, 1.82) is 0 Å². The van der Waals surface area contributed by atoms with E-state index in [0.717, 1.165) is 52.0 Å². The van der Waals surface area contributed by atoms with Gasteiger partial charge >= 0.3 is 0 Å². The van der Waals surface area contributed by atoms with Crippen LogP contribution in [0.2, 0.25) is 0 Å². The quantitative estimate of drug-likeness (QED) is 0.867. The van der Waals surface area contributed by atoms with Gasteiger partial charge < -0.3 is 10.6 Å². The van der Waals surface area contributed by atoms with Crippen molar-refractivity contribution >= 4 is 5.91 Å². The normalized spacial score (nSPS) is 18.5. The van der Waals surface area contributed by atoms with Crippen molar-refractivity contribution in [3.8, 4) is 0 Å². The SMILES string of the molecule is CCC(CCN)N1CCCN(C(=O)c2ccn(C)n2)CC1. The fourth-order valence-electron chi connectivity index (χ4n) is 3.03. The average Bonchev–Trinajstić information content (AvgIpc) is 2.77. The molecule has 1 fully saturated rings. The monoisotopic (exact) mass is 293 g/mol. The number of carbonyl (C=O) groups is 1. The molecule has 0 spiro atoms. The Labute approximate surface area is 126 Å². The first-order valence-electron chi connectivity index (χ1n) is 7.88. The van der Waals surface area contributed by atoms with Gasteiger partial charge in [0, 0.05) is 45.5 Å². The van der Waals surface area contributed by atoms with E-state index in [0.29, 0.717) is 11.7 Å². The number of hydrogen-bond donors (Lipinski definition) is 1. The van der Waals surface area contributed by atoms with Crippen LogP contribution in [0.1, 0.15) is 36.7 Å². The Morgan fingerprint density at radius 3 is 2.81 bits per heavy atom. The van der Waals surface area contributed by atoms with Crippen molar-refractivity contribution < 1.29 is 4.79 Å². The molecule has 0 radical (unpaired) electrons. The van der Waals surface area contributed by atoms with E-state index >= 15 is 0 Å². The molecule has 0 aromatic carbocycles. The molecule has 1 aromatic rings. The zero-order valence-corrected chi connectivity index (χ0v) is 13.2. The molecular formula is C15H27N5O. The summed E-state index contributed by atoms with van der Waals surface area (Å²) in [4.78, 5) is 16.9. The second kappa shape index (κ2) is 7.56. The van der Waals surface area contributed by atoms with E-state index in [1.54, 1.807) is 10.7 Å². The third-order valence-electron chi connectivity index (χ3n) is 4.24. The van der Waals surface area contributed by atoms with Gasteiger partial charge in [0.25, 0.3) is 5.91 Å². The molecule has 0 bridgehead atoms. The van der Waals surface area contributed by atoms with Gasteiger partial charge in [-0.15, -0.1) is 0 Å². The summed E-state index contributed by atoms with van der Waals surface area (Å²) in [5.41, 5.74) is 6.24. The molecule has 1 atom stereocenters. The van der Waals surface area contributed by atoms with Gasteiger partial charge in [-0.1, -0.05) is 6.92 Å². The molecule has 0 saturated carbocycles. The molecule has 118 valence electrons. The van der Waals surface area contributed by atoms with Gasteiger partial charge in [0.1, 0.15) is 5.69 Å². The Balaban J connectivity index is 1.95. The van der Waals surface area contributed by atoms with E-state index in [-0.39, 0.29) is 5.91 Å². The lowest BCUT2D eigenvalue weighted by atomic mass is 10.1. The molecule has 6 nitrogen and oxygen atoms in total. The second-order valence-corrected chi connectivity index (χ2v) is 5.70. The highest BCUT2D eigenvalue weighted by atomic mass is 16.2. The molecule has 1 saturated heterocycles. The number of amides is 1. The molecule has 1 aliphatic heterocycles. The van der Waals surface area contributed by atoms with Crippen LogP contribution < -0.4 is 5.73 Å². The standard InChI is InChI=1S/C15H27N5O/c1-3-13(5-7-16)19-8-4-9-20(12-11-19)15(21)14-6-10-18(2)17-14/h6,10,13H,3-5,7-9,11-12,16H2,1-2H3. The summed E-state index contributed by atoms with van der Waals surface area (Å²) in [6.45, 7) is 6.50. The second-order valence-electron chi connectivity index (χ2n) is 5.70. The fraction of sp³-hybridized carbons (Fsp3) is 0.733. The minimum absolute atomic E-state index is 0.0457. The predicted octanol–water partition coefficient (Wildman–Crippen LogP) is 0.695. The Hall–Kier alpha value is -1.40. The zero-order valence-electron chi connectivity index (χ0n) is 13.2. The molecule has 2 rings (SSSR count). The Morgan fingerprint density at radius 1 is 1.38 bits per heavy atom. The lowest BCUT2D eigenvalue weighted by Gasteiger charge is -2.29. The van der Waals surface area contributed by atoms with Crippen LogP contribution in [-0.4, -0.2) is 64.3 Å². The number of aryl methyl sites for hydroxylation is 1. The summed E-state index contributed by atoms with van der Waals surface area (Å²) < 4.78 is 1.67. The van der Waals surface area contributed by atoms with E-state index in [2.05, 4.69) is 16.9 Å². The Kier molecular flexibility index (Phi) is 5.76. The van der Waals surface area contributed by atoms with Crippen molar-refractivity contribution in [3.63, 3.8) is 0 Å². The molecule has 2 heterocycles. The highest BCUT2D eigenvalue weighted by Gasteiger charge is 2.24. The Bertz CT molecular complexity index is 459. The van der Waals surface area contributed by atoms with Crippen LogP contribution in [0.5, 0.6) is 0 Å². The third kappa shape index (κ3) is 4.04. The van der Waals surface area contributed by atoms with E-state index < -0.39 is 0 Å². The summed E-state index contributed by atoms with van der Waals surface area (Å²) in [7, 11) is 1.83. The van der Waals surface area contributed by atoms with E-state index in [9.17, 15) is 4.79 Å². The largest absolute Gasteiger partial charge is 0.336 e. The molecule has 21 heavy (non-hydrogen) atoms. The van der Waals surface area contributed by atoms with Crippen LogP contribution in [0.15, 0.2) is 12.3 Å². The van der Waals surface area contributed by atoms with E-state index in [4.69, 9.17) is 5.73 Å². The number of hydrogen-bond acceptors (Lipinski definition) is 4. The maximum Gasteiger partial charge on any atom is 0.274 e. The van der Waals surface area contributed by atoms with Gasteiger partial charge in [-0.05, 0) is 31.9 Å². The third-order valence-corrected chi connectivity index (χ3v) is 4.24. The van der Waals surface area contributed by atoms with Crippen molar-refractivity contribution in [2.24, 2.45) is 12.8 Å². The van der Waals surface area contributed by atoms with Gasteiger partial charge in [0.2, 0.25) is 0 Å². The molecule has 0 aliphatic carbocycles. The molecule has 6 heteroatoms. The van der Waals surface area contributed by atoms with Crippen molar-refractivity contribution in [1.82, 2.24) is 19.6 Å².